The van der Waals surface area contributed by atoms with E-state index < -0.39 is 0 Å². The first-order valence-electron chi connectivity index (χ1n) is 6.21. The van der Waals surface area contributed by atoms with Crippen molar-refractivity contribution in [3.8, 4) is 11.8 Å². The van der Waals surface area contributed by atoms with Crippen LogP contribution in [0, 0.1) is 11.3 Å². The summed E-state index contributed by atoms with van der Waals surface area (Å²) in [6.45, 7) is 2.74. The van der Waals surface area contributed by atoms with E-state index >= 15 is 0 Å². The van der Waals surface area contributed by atoms with Crippen LogP contribution in [0.4, 0.5) is 0 Å². The van der Waals surface area contributed by atoms with E-state index in [0.717, 1.165) is 19.4 Å². The maximum atomic E-state index is 8.90. The molecule has 1 aromatic rings. The zero-order valence-corrected chi connectivity index (χ0v) is 10.3. The lowest BCUT2D eigenvalue weighted by Crippen LogP contribution is -2.14. The van der Waals surface area contributed by atoms with Crippen LogP contribution in [0.3, 0.4) is 0 Å². The molecule has 0 spiro atoms. The molecule has 96 valence electrons. The standard InChI is InChI=1S/C14H17NO3/c15-10-12-4-1-2-5-14(12)18-8-3-7-17-13-6-9-16-11-13/h1-2,4-5,13H,3,6-9,11H2. The molecule has 18 heavy (non-hydrogen) atoms. The SMILES string of the molecule is N#Cc1ccccc1OCCCOC1CCOC1. The Morgan fingerprint density at radius 2 is 2.22 bits per heavy atom. The fraction of sp³-hybridized carbons (Fsp3) is 0.500. The Kier molecular flexibility index (Phi) is 5.00. The second-order valence-corrected chi connectivity index (χ2v) is 4.17. The highest BCUT2D eigenvalue weighted by molar-refractivity contribution is 5.42. The van der Waals surface area contributed by atoms with Gasteiger partial charge in [-0.1, -0.05) is 12.1 Å². The minimum absolute atomic E-state index is 0.247. The van der Waals surface area contributed by atoms with Crippen LogP contribution in [0.1, 0.15) is 18.4 Å². The largest absolute Gasteiger partial charge is 0.492 e. The smallest absolute Gasteiger partial charge is 0.137 e. The third kappa shape index (κ3) is 3.73. The van der Waals surface area contributed by atoms with Crippen molar-refractivity contribution in [2.24, 2.45) is 0 Å². The highest BCUT2D eigenvalue weighted by Crippen LogP contribution is 2.16. The van der Waals surface area contributed by atoms with Crippen LogP contribution in [-0.4, -0.2) is 32.5 Å². The normalized spacial score (nSPS) is 18.5. The summed E-state index contributed by atoms with van der Waals surface area (Å²) in [5.74, 6) is 0.643. The molecule has 0 bridgehead atoms. The Labute approximate surface area is 107 Å². The first-order chi connectivity index (χ1) is 8.90. The molecule has 1 heterocycles. The summed E-state index contributed by atoms with van der Waals surface area (Å²) in [4.78, 5) is 0. The Morgan fingerprint density at radius 1 is 1.33 bits per heavy atom. The predicted molar refractivity (Wildman–Crippen MR) is 66.4 cm³/mol. The van der Waals surface area contributed by atoms with Crippen molar-refractivity contribution in [3.63, 3.8) is 0 Å². The Morgan fingerprint density at radius 3 is 3.00 bits per heavy atom. The summed E-state index contributed by atoms with van der Waals surface area (Å²) in [6, 6.07) is 9.36. The Hall–Kier alpha value is -1.57. The molecule has 0 N–H and O–H groups in total. The molecular formula is C14H17NO3. The maximum absolute atomic E-state index is 8.90. The Balaban J connectivity index is 1.64. The molecule has 0 radical (unpaired) electrons. The first kappa shape index (κ1) is 12.9. The number of ether oxygens (including phenoxy) is 3. The molecule has 0 saturated carbocycles. The van der Waals surface area contributed by atoms with E-state index in [1.807, 2.05) is 18.2 Å². The lowest BCUT2D eigenvalue weighted by molar-refractivity contribution is 0.0366. The summed E-state index contributed by atoms with van der Waals surface area (Å²) in [7, 11) is 0. The summed E-state index contributed by atoms with van der Waals surface area (Å²) in [5, 5.41) is 8.90. The second-order valence-electron chi connectivity index (χ2n) is 4.17. The molecule has 1 fully saturated rings. The minimum Gasteiger partial charge on any atom is -0.492 e. The van der Waals surface area contributed by atoms with Crippen LogP contribution in [-0.2, 0) is 9.47 Å². The fourth-order valence-corrected chi connectivity index (χ4v) is 1.82. The molecule has 1 aromatic carbocycles. The molecule has 4 nitrogen and oxygen atoms in total. The molecule has 1 saturated heterocycles. The molecule has 0 amide bonds. The van der Waals surface area contributed by atoms with Gasteiger partial charge in [0.2, 0.25) is 0 Å². The number of nitriles is 1. The van der Waals surface area contributed by atoms with Crippen molar-refractivity contribution in [3.05, 3.63) is 29.8 Å². The van der Waals surface area contributed by atoms with Gasteiger partial charge in [0.1, 0.15) is 11.8 Å². The molecule has 1 aliphatic rings. The monoisotopic (exact) mass is 247 g/mol. The van der Waals surface area contributed by atoms with E-state index in [0.29, 0.717) is 31.1 Å². The van der Waals surface area contributed by atoms with Crippen molar-refractivity contribution < 1.29 is 14.2 Å². The lowest BCUT2D eigenvalue weighted by Gasteiger charge is -2.10. The predicted octanol–water partition coefficient (Wildman–Crippen LogP) is 2.13. The number of para-hydroxylation sites is 1. The van der Waals surface area contributed by atoms with E-state index in [1.54, 1.807) is 6.07 Å². The van der Waals surface area contributed by atoms with Gasteiger partial charge in [0, 0.05) is 13.0 Å². The van der Waals surface area contributed by atoms with Crippen LogP contribution in [0.15, 0.2) is 24.3 Å². The number of hydrogen-bond acceptors (Lipinski definition) is 4. The fourth-order valence-electron chi connectivity index (χ4n) is 1.82. The van der Waals surface area contributed by atoms with Gasteiger partial charge in [0.15, 0.2) is 0 Å². The van der Waals surface area contributed by atoms with E-state index in [2.05, 4.69) is 6.07 Å². The summed E-state index contributed by atoms with van der Waals surface area (Å²) < 4.78 is 16.4. The average Bonchev–Trinajstić information content (AvgIpc) is 2.92. The number of hydrogen-bond donors (Lipinski definition) is 0. The zero-order chi connectivity index (χ0) is 12.6. The molecule has 1 unspecified atom stereocenters. The van der Waals surface area contributed by atoms with Gasteiger partial charge in [-0.25, -0.2) is 0 Å². The zero-order valence-electron chi connectivity index (χ0n) is 10.3. The first-order valence-corrected chi connectivity index (χ1v) is 6.21. The molecular weight excluding hydrogens is 230 g/mol. The Bertz CT molecular complexity index is 408. The van der Waals surface area contributed by atoms with Crippen molar-refractivity contribution in [2.45, 2.75) is 18.9 Å². The second kappa shape index (κ2) is 7.00. The summed E-state index contributed by atoms with van der Waals surface area (Å²) in [5.41, 5.74) is 0.572. The van der Waals surface area contributed by atoms with Gasteiger partial charge in [-0.3, -0.25) is 0 Å². The maximum Gasteiger partial charge on any atom is 0.137 e. The molecule has 0 aromatic heterocycles. The molecule has 2 rings (SSSR count). The topological polar surface area (TPSA) is 51.5 Å². The van der Waals surface area contributed by atoms with Crippen LogP contribution >= 0.6 is 0 Å². The molecule has 1 aliphatic heterocycles. The van der Waals surface area contributed by atoms with Gasteiger partial charge in [0.05, 0.1) is 31.5 Å². The quantitative estimate of drug-likeness (QED) is 0.723. The van der Waals surface area contributed by atoms with Gasteiger partial charge >= 0.3 is 0 Å². The number of rotatable bonds is 6. The number of benzene rings is 1. The van der Waals surface area contributed by atoms with Gasteiger partial charge in [0.25, 0.3) is 0 Å². The van der Waals surface area contributed by atoms with Gasteiger partial charge in [-0.05, 0) is 18.6 Å². The van der Waals surface area contributed by atoms with E-state index in [-0.39, 0.29) is 6.10 Å². The number of nitrogens with zero attached hydrogens (tertiary/aromatic N) is 1. The summed E-state index contributed by atoms with van der Waals surface area (Å²) >= 11 is 0. The highest BCUT2D eigenvalue weighted by atomic mass is 16.5. The van der Waals surface area contributed by atoms with Crippen molar-refractivity contribution in [2.75, 3.05) is 26.4 Å². The van der Waals surface area contributed by atoms with E-state index in [1.165, 1.54) is 0 Å². The van der Waals surface area contributed by atoms with Crippen LogP contribution in [0.5, 0.6) is 5.75 Å². The molecule has 1 atom stereocenters. The third-order valence-corrected chi connectivity index (χ3v) is 2.80. The van der Waals surface area contributed by atoms with E-state index in [4.69, 9.17) is 19.5 Å². The van der Waals surface area contributed by atoms with E-state index in [9.17, 15) is 0 Å². The van der Waals surface area contributed by atoms with Crippen molar-refractivity contribution >= 4 is 0 Å². The van der Waals surface area contributed by atoms with Gasteiger partial charge in [-0.15, -0.1) is 0 Å². The third-order valence-electron chi connectivity index (χ3n) is 2.80. The van der Waals surface area contributed by atoms with Crippen molar-refractivity contribution in [1.82, 2.24) is 0 Å². The summed E-state index contributed by atoms with van der Waals surface area (Å²) in [6.07, 6.45) is 2.05. The van der Waals surface area contributed by atoms with Crippen molar-refractivity contribution in [1.29, 1.82) is 5.26 Å². The van der Waals surface area contributed by atoms with Crippen LogP contribution in [0.25, 0.3) is 0 Å². The minimum atomic E-state index is 0.247. The van der Waals surface area contributed by atoms with Crippen LogP contribution in [0.2, 0.25) is 0 Å². The van der Waals surface area contributed by atoms with Gasteiger partial charge in [-0.2, -0.15) is 5.26 Å². The van der Waals surface area contributed by atoms with Crippen LogP contribution < -0.4 is 4.74 Å². The highest BCUT2D eigenvalue weighted by Gasteiger charge is 2.15. The van der Waals surface area contributed by atoms with Gasteiger partial charge < -0.3 is 14.2 Å². The average molecular weight is 247 g/mol. The molecule has 4 heteroatoms. The lowest BCUT2D eigenvalue weighted by atomic mass is 10.2. The molecule has 0 aliphatic carbocycles.